The van der Waals surface area contributed by atoms with E-state index in [0.29, 0.717) is 16.6 Å². The van der Waals surface area contributed by atoms with E-state index in [-0.39, 0.29) is 5.91 Å². The lowest BCUT2D eigenvalue weighted by Crippen LogP contribution is -2.31. The van der Waals surface area contributed by atoms with Gasteiger partial charge in [0, 0.05) is 25.3 Å². The van der Waals surface area contributed by atoms with Crippen LogP contribution in [0.5, 0.6) is 0 Å². The van der Waals surface area contributed by atoms with E-state index in [1.165, 1.54) is 11.8 Å². The molecule has 1 aromatic heterocycles. The fourth-order valence-electron chi connectivity index (χ4n) is 3.22. The number of aromatic nitrogens is 1. The van der Waals surface area contributed by atoms with Gasteiger partial charge in [0.05, 0.1) is 18.9 Å². The number of aryl methyl sites for hydroxylation is 1. The first-order chi connectivity index (χ1) is 13.1. The molecule has 1 fully saturated rings. The van der Waals surface area contributed by atoms with Crippen molar-refractivity contribution in [1.82, 2.24) is 4.90 Å². The van der Waals surface area contributed by atoms with Crippen molar-refractivity contribution in [3.05, 3.63) is 70.9 Å². The zero-order chi connectivity index (χ0) is 19.0. The second-order valence-corrected chi connectivity index (χ2v) is 7.36. The number of amidine groups is 1. The maximum atomic E-state index is 13.1. The van der Waals surface area contributed by atoms with E-state index in [0.717, 1.165) is 22.8 Å². The Morgan fingerprint density at radius 1 is 1.11 bits per heavy atom. The van der Waals surface area contributed by atoms with Crippen LogP contribution in [0.2, 0.25) is 0 Å². The summed E-state index contributed by atoms with van der Waals surface area (Å²) in [4.78, 5) is 22.4. The Hall–Kier alpha value is -2.86. The van der Waals surface area contributed by atoms with Gasteiger partial charge in [-0.05, 0) is 47.5 Å². The van der Waals surface area contributed by atoms with Crippen LogP contribution in [0.25, 0.3) is 6.08 Å². The normalized spacial score (nSPS) is 20.6. The van der Waals surface area contributed by atoms with Gasteiger partial charge in [0.1, 0.15) is 4.91 Å². The molecule has 0 unspecified atom stereocenters. The van der Waals surface area contributed by atoms with Crippen LogP contribution in [0.15, 0.2) is 70.3 Å². The van der Waals surface area contributed by atoms with Crippen LogP contribution in [-0.4, -0.2) is 29.6 Å². The number of anilines is 1. The first-order valence-electron chi connectivity index (χ1n) is 8.88. The fraction of sp³-hybridized carbons (Fsp3) is 0.190. The molecule has 27 heavy (non-hydrogen) atoms. The number of hydrogen-bond donors (Lipinski definition) is 0. The first kappa shape index (κ1) is 17.5. The molecule has 2 aliphatic heterocycles. The largest absolute Gasteiger partial charge is 0.343 e. The third-order valence-electron chi connectivity index (χ3n) is 4.73. The van der Waals surface area contributed by atoms with Crippen molar-refractivity contribution in [3.8, 4) is 0 Å². The van der Waals surface area contributed by atoms with Crippen LogP contribution in [0.1, 0.15) is 12.5 Å². The summed E-state index contributed by atoms with van der Waals surface area (Å²) in [5.74, 6) is 0.820. The van der Waals surface area contributed by atoms with E-state index in [2.05, 4.69) is 23.1 Å². The molecule has 0 spiro atoms. The molecule has 2 aromatic rings. The fourth-order valence-corrected chi connectivity index (χ4v) is 4.38. The summed E-state index contributed by atoms with van der Waals surface area (Å²) >= 11 is 1.44. The van der Waals surface area contributed by atoms with Crippen LogP contribution < -0.4 is 9.47 Å². The molecule has 2 aliphatic rings. The molecule has 0 radical (unpaired) electrons. The monoisotopic (exact) mass is 377 g/mol. The number of nitrogens with zero attached hydrogens (tertiary/aromatic N) is 4. The molecule has 0 atom stereocenters. The zero-order valence-electron chi connectivity index (χ0n) is 15.6. The van der Waals surface area contributed by atoms with Crippen LogP contribution in [0, 0.1) is 0 Å². The molecule has 0 aliphatic carbocycles. The van der Waals surface area contributed by atoms with Crippen molar-refractivity contribution < 1.29 is 9.36 Å². The van der Waals surface area contributed by atoms with Crippen LogP contribution in [0.3, 0.4) is 0 Å². The average molecular weight is 377 g/mol. The van der Waals surface area contributed by atoms with Gasteiger partial charge >= 0.3 is 5.82 Å². The molecule has 1 amide bonds. The van der Waals surface area contributed by atoms with E-state index in [4.69, 9.17) is 4.99 Å². The van der Waals surface area contributed by atoms with Gasteiger partial charge in [-0.15, -0.1) is 0 Å². The zero-order valence-corrected chi connectivity index (χ0v) is 16.4. The number of amides is 1. The van der Waals surface area contributed by atoms with Crippen LogP contribution in [0.4, 0.5) is 11.5 Å². The lowest BCUT2D eigenvalue weighted by Gasteiger charge is -2.27. The lowest BCUT2D eigenvalue weighted by molar-refractivity contribution is -0.658. The Balaban J connectivity index is 1.77. The van der Waals surface area contributed by atoms with E-state index in [1.807, 2.05) is 68.2 Å². The van der Waals surface area contributed by atoms with Gasteiger partial charge in [-0.3, -0.25) is 9.69 Å². The van der Waals surface area contributed by atoms with E-state index >= 15 is 0 Å². The number of pyridine rings is 1. The Kier molecular flexibility index (Phi) is 4.58. The summed E-state index contributed by atoms with van der Waals surface area (Å²) < 4.78 is 1.94. The van der Waals surface area contributed by atoms with Gasteiger partial charge in [0.25, 0.3) is 11.1 Å². The highest BCUT2D eigenvalue weighted by molar-refractivity contribution is 8.18. The first-order valence-corrected chi connectivity index (χ1v) is 9.70. The summed E-state index contributed by atoms with van der Waals surface area (Å²) in [5.41, 5.74) is 3.15. The van der Waals surface area contributed by atoms with Crippen molar-refractivity contribution in [1.29, 1.82) is 0 Å². The van der Waals surface area contributed by atoms with Gasteiger partial charge in [0.15, 0.2) is 0 Å². The molecule has 0 saturated carbocycles. The Morgan fingerprint density at radius 3 is 2.67 bits per heavy atom. The molecule has 0 bridgehead atoms. The number of likely N-dealkylation sites (N-methyl/N-ethyl adjacent to an activating group) is 2. The number of fused-ring (bicyclic) bond motifs is 1. The summed E-state index contributed by atoms with van der Waals surface area (Å²) in [6.45, 7) is 2.56. The third-order valence-corrected chi connectivity index (χ3v) is 5.81. The number of allylic oxidation sites excluding steroid dienone is 1. The maximum Gasteiger partial charge on any atom is 0.326 e. The molecular weight excluding hydrogens is 356 g/mol. The Labute approximate surface area is 163 Å². The standard InChI is InChI=1S/C21H21N4OS/c1-4-25-20(26)19(27-21(25)22-18-11-7-8-14-23(18)2)17-13-12-15-9-5-6-10-16(15)24(17)3/h5-14H,4H2,1-3H3/q+1/b19-17+. The third kappa shape index (κ3) is 3.06. The second-order valence-electron chi connectivity index (χ2n) is 6.38. The van der Waals surface area contributed by atoms with Crippen molar-refractivity contribution in [2.75, 3.05) is 18.5 Å². The predicted molar refractivity (Wildman–Crippen MR) is 111 cm³/mol. The number of rotatable bonds is 2. The quantitative estimate of drug-likeness (QED) is 0.594. The predicted octanol–water partition coefficient (Wildman–Crippen LogP) is 3.47. The maximum absolute atomic E-state index is 13.1. The summed E-state index contributed by atoms with van der Waals surface area (Å²) in [6, 6.07) is 14.0. The molecule has 4 rings (SSSR count). The number of aliphatic imine (C=N–C) groups is 1. The lowest BCUT2D eigenvalue weighted by atomic mass is 10.1. The number of para-hydroxylation sites is 1. The molecule has 1 saturated heterocycles. The van der Waals surface area contributed by atoms with Crippen molar-refractivity contribution in [2.24, 2.45) is 12.0 Å². The molecule has 136 valence electrons. The number of hydrogen-bond acceptors (Lipinski definition) is 4. The Bertz CT molecular complexity index is 1010. The number of benzene rings is 1. The molecular formula is C21H21N4OS+. The molecule has 3 heterocycles. The average Bonchev–Trinajstić information content (AvgIpc) is 2.99. The minimum absolute atomic E-state index is 0.00529. The van der Waals surface area contributed by atoms with E-state index < -0.39 is 0 Å². The topological polar surface area (TPSA) is 39.8 Å². The van der Waals surface area contributed by atoms with Crippen molar-refractivity contribution in [2.45, 2.75) is 6.92 Å². The molecule has 5 nitrogen and oxygen atoms in total. The van der Waals surface area contributed by atoms with Crippen LogP contribution in [-0.2, 0) is 11.8 Å². The highest BCUT2D eigenvalue weighted by Crippen LogP contribution is 2.39. The number of thioether (sulfide) groups is 1. The number of carbonyl (C=O) groups is 1. The highest BCUT2D eigenvalue weighted by atomic mass is 32.2. The van der Waals surface area contributed by atoms with Crippen LogP contribution >= 0.6 is 11.8 Å². The van der Waals surface area contributed by atoms with Gasteiger partial charge < -0.3 is 4.90 Å². The number of carbonyl (C=O) groups excluding carboxylic acids is 1. The SMILES string of the molecule is CCN1C(=O)/C(=C2/C=Cc3ccccc3N2C)S/C1=N\c1cccc[n+]1C. The summed E-state index contributed by atoms with van der Waals surface area (Å²) in [5, 5.41) is 0.715. The van der Waals surface area contributed by atoms with Gasteiger partial charge in [-0.25, -0.2) is 4.57 Å². The van der Waals surface area contributed by atoms with E-state index in [9.17, 15) is 4.79 Å². The second kappa shape index (κ2) is 7.04. The molecule has 1 aromatic carbocycles. The van der Waals surface area contributed by atoms with Crippen molar-refractivity contribution in [3.63, 3.8) is 0 Å². The summed E-state index contributed by atoms with van der Waals surface area (Å²) in [6.07, 6.45) is 6.03. The highest BCUT2D eigenvalue weighted by Gasteiger charge is 2.39. The minimum Gasteiger partial charge on any atom is -0.343 e. The smallest absolute Gasteiger partial charge is 0.326 e. The minimum atomic E-state index is 0.00529. The Morgan fingerprint density at radius 2 is 1.89 bits per heavy atom. The summed E-state index contributed by atoms with van der Waals surface area (Å²) in [7, 11) is 3.95. The van der Waals surface area contributed by atoms with Gasteiger partial charge in [-0.2, -0.15) is 0 Å². The van der Waals surface area contributed by atoms with Crippen molar-refractivity contribution >= 4 is 40.4 Å². The van der Waals surface area contributed by atoms with E-state index in [1.54, 1.807) is 4.90 Å². The molecule has 0 N–H and O–H groups in total. The molecule has 6 heteroatoms. The van der Waals surface area contributed by atoms with Gasteiger partial charge in [-0.1, -0.05) is 30.3 Å². The van der Waals surface area contributed by atoms with Gasteiger partial charge in [0.2, 0.25) is 0 Å².